The highest BCUT2D eigenvalue weighted by Gasteiger charge is 2.41. The molecule has 34 heavy (non-hydrogen) atoms. The first-order chi connectivity index (χ1) is 16.6. The Morgan fingerprint density at radius 2 is 1.65 bits per heavy atom. The predicted octanol–water partition coefficient (Wildman–Crippen LogP) is 5.31. The molecule has 5 nitrogen and oxygen atoms in total. The van der Waals surface area contributed by atoms with E-state index in [1.807, 2.05) is 41.3 Å². The first kappa shape index (κ1) is 20.7. The average Bonchev–Trinajstić information content (AvgIpc) is 3.58. The molecule has 1 aromatic heterocycles. The van der Waals surface area contributed by atoms with Gasteiger partial charge in [0.25, 0.3) is 5.91 Å². The molecule has 1 fully saturated rings. The lowest BCUT2D eigenvalue weighted by Crippen LogP contribution is -2.41. The van der Waals surface area contributed by atoms with Crippen molar-refractivity contribution in [2.24, 2.45) is 0 Å². The molecule has 1 atom stereocenters. The summed E-state index contributed by atoms with van der Waals surface area (Å²) < 4.78 is 0. The molecule has 0 radical (unpaired) electrons. The topological polar surface area (TPSA) is 56.4 Å². The van der Waals surface area contributed by atoms with Gasteiger partial charge >= 0.3 is 0 Å². The second-order valence-corrected chi connectivity index (χ2v) is 9.34. The number of para-hydroxylation sites is 1. The molecule has 170 valence electrons. The van der Waals surface area contributed by atoms with Gasteiger partial charge in [-0.25, -0.2) is 0 Å². The lowest BCUT2D eigenvalue weighted by Gasteiger charge is -2.28. The van der Waals surface area contributed by atoms with E-state index in [4.69, 9.17) is 0 Å². The van der Waals surface area contributed by atoms with Crippen LogP contribution in [0.4, 0.5) is 0 Å². The van der Waals surface area contributed by atoms with Crippen LogP contribution in [0, 0.1) is 6.92 Å². The third-order valence-corrected chi connectivity index (χ3v) is 7.18. The Balaban J connectivity index is 1.54. The van der Waals surface area contributed by atoms with Crippen molar-refractivity contribution in [3.63, 3.8) is 0 Å². The minimum atomic E-state index is -0.331. The van der Waals surface area contributed by atoms with Crippen LogP contribution in [-0.2, 0) is 4.79 Å². The van der Waals surface area contributed by atoms with Crippen molar-refractivity contribution in [1.29, 1.82) is 0 Å². The molecular formula is C29H27N3O2. The van der Waals surface area contributed by atoms with E-state index >= 15 is 0 Å². The first-order valence-corrected chi connectivity index (χ1v) is 12.0. The Morgan fingerprint density at radius 3 is 2.44 bits per heavy atom. The second-order valence-electron chi connectivity index (χ2n) is 9.34. The lowest BCUT2D eigenvalue weighted by atomic mass is 9.93. The Labute approximate surface area is 199 Å². The van der Waals surface area contributed by atoms with Gasteiger partial charge in [0.2, 0.25) is 5.91 Å². The summed E-state index contributed by atoms with van der Waals surface area (Å²) in [5.41, 5.74) is 6.97. The molecule has 1 saturated heterocycles. The number of H-pyrrole nitrogens is 1. The molecule has 0 spiro atoms. The van der Waals surface area contributed by atoms with Crippen molar-refractivity contribution in [2.45, 2.75) is 25.8 Å². The van der Waals surface area contributed by atoms with Crippen molar-refractivity contribution < 1.29 is 9.59 Å². The number of hydrogen-bond acceptors (Lipinski definition) is 2. The number of hydrogen-bond donors (Lipinski definition) is 1. The highest BCUT2D eigenvalue weighted by Crippen LogP contribution is 2.45. The Morgan fingerprint density at radius 1 is 0.941 bits per heavy atom. The smallest absolute Gasteiger partial charge is 0.255 e. The number of amides is 2. The standard InChI is InChI=1S/C29H27N3O2/c1-19-12-14-20(15-13-19)27-26(23-10-4-5-11-24(23)30-27)28-21-8-2-3-9-22(21)29(34)32(28)18-25(33)31-16-6-7-17-31/h2-5,8-15,28,30H,6-7,16-18H2,1H3. The molecule has 6 rings (SSSR count). The van der Waals surface area contributed by atoms with Crippen molar-refractivity contribution in [3.8, 4) is 11.3 Å². The Hall–Kier alpha value is -3.86. The number of carbonyl (C=O) groups is 2. The van der Waals surface area contributed by atoms with Crippen molar-refractivity contribution in [2.75, 3.05) is 19.6 Å². The van der Waals surface area contributed by atoms with Gasteiger partial charge in [-0.1, -0.05) is 66.2 Å². The maximum atomic E-state index is 13.6. The molecular weight excluding hydrogens is 422 g/mol. The van der Waals surface area contributed by atoms with Gasteiger partial charge in [-0.15, -0.1) is 0 Å². The monoisotopic (exact) mass is 449 g/mol. The Bertz CT molecular complexity index is 1400. The molecule has 3 heterocycles. The normalized spacial score (nSPS) is 17.6. The number of rotatable bonds is 4. The molecule has 4 aromatic rings. The number of likely N-dealkylation sites (tertiary alicyclic amines) is 1. The summed E-state index contributed by atoms with van der Waals surface area (Å²) >= 11 is 0. The highest BCUT2D eigenvalue weighted by atomic mass is 16.2. The summed E-state index contributed by atoms with van der Waals surface area (Å²) in [6.07, 6.45) is 2.06. The summed E-state index contributed by atoms with van der Waals surface area (Å²) in [4.78, 5) is 34.1. The van der Waals surface area contributed by atoms with Crippen LogP contribution in [0.3, 0.4) is 0 Å². The van der Waals surface area contributed by atoms with E-state index in [1.165, 1.54) is 5.56 Å². The van der Waals surface area contributed by atoms with E-state index in [0.717, 1.165) is 59.2 Å². The maximum absolute atomic E-state index is 13.6. The lowest BCUT2D eigenvalue weighted by molar-refractivity contribution is -0.131. The van der Waals surface area contributed by atoms with Crippen LogP contribution in [0.2, 0.25) is 0 Å². The number of carbonyl (C=O) groups excluding carboxylic acids is 2. The van der Waals surface area contributed by atoms with Gasteiger partial charge in [-0.05, 0) is 43.0 Å². The molecule has 2 amide bonds. The van der Waals surface area contributed by atoms with Crippen LogP contribution >= 0.6 is 0 Å². The van der Waals surface area contributed by atoms with Crippen LogP contribution in [0.15, 0.2) is 72.8 Å². The number of aryl methyl sites for hydroxylation is 1. The number of nitrogens with one attached hydrogen (secondary N) is 1. The van der Waals surface area contributed by atoms with E-state index in [1.54, 1.807) is 4.90 Å². The zero-order valence-electron chi connectivity index (χ0n) is 19.3. The summed E-state index contributed by atoms with van der Waals surface area (Å²) in [6, 6.07) is 24.1. The Kier molecular flexibility index (Phi) is 4.98. The summed E-state index contributed by atoms with van der Waals surface area (Å²) in [6.45, 7) is 3.72. The van der Waals surface area contributed by atoms with Gasteiger partial charge in [0.05, 0.1) is 11.7 Å². The number of aromatic amines is 1. The predicted molar refractivity (Wildman–Crippen MR) is 134 cm³/mol. The van der Waals surface area contributed by atoms with Crippen LogP contribution in [0.5, 0.6) is 0 Å². The summed E-state index contributed by atoms with van der Waals surface area (Å²) in [5.74, 6) is -0.0475. The van der Waals surface area contributed by atoms with Crippen molar-refractivity contribution in [1.82, 2.24) is 14.8 Å². The van der Waals surface area contributed by atoms with E-state index in [-0.39, 0.29) is 24.4 Å². The SMILES string of the molecule is Cc1ccc(-c2[nH]c3ccccc3c2C2c3ccccc3C(=O)N2CC(=O)N2CCCC2)cc1. The molecule has 5 heteroatoms. The second kappa shape index (κ2) is 8.17. The number of nitrogens with zero attached hydrogens (tertiary/aromatic N) is 2. The molecule has 2 aliphatic heterocycles. The highest BCUT2D eigenvalue weighted by molar-refractivity contribution is 6.03. The van der Waals surface area contributed by atoms with Gasteiger partial charge in [0.1, 0.15) is 6.54 Å². The molecule has 2 aliphatic rings. The number of benzene rings is 3. The van der Waals surface area contributed by atoms with E-state index in [0.29, 0.717) is 5.56 Å². The van der Waals surface area contributed by atoms with Gasteiger partial charge in [0.15, 0.2) is 0 Å². The quantitative estimate of drug-likeness (QED) is 0.459. The van der Waals surface area contributed by atoms with Gasteiger partial charge in [-0.3, -0.25) is 9.59 Å². The average molecular weight is 450 g/mol. The minimum Gasteiger partial charge on any atom is -0.354 e. The zero-order chi connectivity index (χ0) is 23.2. The van der Waals surface area contributed by atoms with Crippen molar-refractivity contribution >= 4 is 22.7 Å². The van der Waals surface area contributed by atoms with E-state index in [2.05, 4.69) is 48.3 Å². The molecule has 0 aliphatic carbocycles. The van der Waals surface area contributed by atoms with Crippen LogP contribution < -0.4 is 0 Å². The van der Waals surface area contributed by atoms with Gasteiger partial charge in [-0.2, -0.15) is 0 Å². The molecule has 1 N–H and O–H groups in total. The maximum Gasteiger partial charge on any atom is 0.255 e. The van der Waals surface area contributed by atoms with Gasteiger partial charge < -0.3 is 14.8 Å². The zero-order valence-corrected chi connectivity index (χ0v) is 19.3. The van der Waals surface area contributed by atoms with Crippen LogP contribution in [0.25, 0.3) is 22.2 Å². The number of fused-ring (bicyclic) bond motifs is 2. The van der Waals surface area contributed by atoms with Crippen molar-refractivity contribution in [3.05, 3.63) is 95.1 Å². The summed E-state index contributed by atoms with van der Waals surface area (Å²) in [5, 5.41) is 1.08. The number of aromatic nitrogens is 1. The fourth-order valence-electron chi connectivity index (χ4n) is 5.45. The minimum absolute atomic E-state index is 0.0281. The molecule has 0 bridgehead atoms. The van der Waals surface area contributed by atoms with Crippen LogP contribution in [-0.4, -0.2) is 46.2 Å². The fraction of sp³-hybridized carbons (Fsp3) is 0.241. The molecule has 3 aromatic carbocycles. The summed E-state index contributed by atoms with van der Waals surface area (Å²) in [7, 11) is 0. The third kappa shape index (κ3) is 3.31. The van der Waals surface area contributed by atoms with E-state index in [9.17, 15) is 9.59 Å². The largest absolute Gasteiger partial charge is 0.354 e. The third-order valence-electron chi connectivity index (χ3n) is 7.18. The fourth-order valence-corrected chi connectivity index (χ4v) is 5.45. The molecule has 1 unspecified atom stereocenters. The van der Waals surface area contributed by atoms with E-state index < -0.39 is 0 Å². The first-order valence-electron chi connectivity index (χ1n) is 12.0. The molecule has 0 saturated carbocycles. The van der Waals surface area contributed by atoms with Crippen LogP contribution in [0.1, 0.15) is 45.9 Å². The van der Waals surface area contributed by atoms with Gasteiger partial charge in [0, 0.05) is 35.1 Å².